The molecule has 11 nitrogen and oxygen atoms in total. The van der Waals surface area contributed by atoms with Crippen LogP contribution in [0.15, 0.2) is 0 Å². The summed E-state index contributed by atoms with van der Waals surface area (Å²) in [6.07, 6.45) is 2.08. The minimum Gasteiger partial charge on any atom is -0.394 e. The second kappa shape index (κ2) is 9.11. The molecule has 0 bridgehead atoms. The Morgan fingerprint density at radius 2 is 1.59 bits per heavy atom. The third-order valence-electron chi connectivity index (χ3n) is 5.02. The molecule has 11 heteroatoms. The first-order valence-corrected chi connectivity index (χ1v) is 8.99. The predicted octanol–water partition coefficient (Wildman–Crippen LogP) is -3.75. The number of carbonyl (C=O) groups is 4. The summed E-state index contributed by atoms with van der Waals surface area (Å²) >= 11 is 0. The van der Waals surface area contributed by atoms with Gasteiger partial charge in [0.15, 0.2) is 0 Å². The van der Waals surface area contributed by atoms with Gasteiger partial charge in [-0.1, -0.05) is 0 Å². The number of likely N-dealkylation sites (tertiary alicyclic amines) is 2. The largest absolute Gasteiger partial charge is 0.394 e. The van der Waals surface area contributed by atoms with Gasteiger partial charge in [0.1, 0.15) is 24.2 Å². The van der Waals surface area contributed by atoms with E-state index >= 15 is 0 Å². The molecule has 0 aromatic rings. The highest BCUT2D eigenvalue weighted by molar-refractivity contribution is 5.95. The van der Waals surface area contributed by atoms with Crippen molar-refractivity contribution in [1.29, 1.82) is 0 Å². The number of nitrogens with two attached hydrogens (primary N) is 2. The number of hydrogen-bond donors (Lipinski definition) is 5. The molecule has 0 radical (unpaired) electrons. The van der Waals surface area contributed by atoms with Crippen LogP contribution in [0, 0.1) is 0 Å². The fraction of sp³-hybridized carbons (Fsp3) is 0.750. The molecule has 2 rings (SSSR count). The van der Waals surface area contributed by atoms with Crippen LogP contribution in [0.3, 0.4) is 0 Å². The number of aliphatic hydroxyl groups excluding tert-OH is 2. The topological polar surface area (TPSA) is 179 Å². The molecule has 0 spiro atoms. The maximum Gasteiger partial charge on any atom is 0.246 e. The molecule has 2 saturated heterocycles. The van der Waals surface area contributed by atoms with Crippen LogP contribution in [0.25, 0.3) is 0 Å². The SMILES string of the molecule is NC(=O)[C@H](CO)NC(=O)[C@@H]1CCCN1C(=O)[C@@H]1CCCN1C(=O)[C@@H](N)CO. The Balaban J connectivity index is 2.09. The maximum atomic E-state index is 13.0. The van der Waals surface area contributed by atoms with Crippen LogP contribution in [-0.4, -0.2) is 94.1 Å². The molecule has 2 aliphatic rings. The second-order valence-corrected chi connectivity index (χ2v) is 6.81. The van der Waals surface area contributed by atoms with Crippen LogP contribution in [0.5, 0.6) is 0 Å². The van der Waals surface area contributed by atoms with Crippen molar-refractivity contribution in [2.45, 2.75) is 49.9 Å². The summed E-state index contributed by atoms with van der Waals surface area (Å²) in [7, 11) is 0. The van der Waals surface area contributed by atoms with E-state index in [1.807, 2.05) is 0 Å². The summed E-state index contributed by atoms with van der Waals surface area (Å²) in [4.78, 5) is 51.7. The Morgan fingerprint density at radius 3 is 2.15 bits per heavy atom. The molecule has 2 fully saturated rings. The quantitative estimate of drug-likeness (QED) is 0.298. The second-order valence-electron chi connectivity index (χ2n) is 6.81. The Bertz CT molecular complexity index is 600. The predicted molar refractivity (Wildman–Crippen MR) is 92.7 cm³/mol. The molecule has 2 heterocycles. The van der Waals surface area contributed by atoms with E-state index in [2.05, 4.69) is 5.32 Å². The minimum atomic E-state index is -1.22. The minimum absolute atomic E-state index is 0.349. The molecule has 27 heavy (non-hydrogen) atoms. The Labute approximate surface area is 156 Å². The lowest BCUT2D eigenvalue weighted by Gasteiger charge is -2.32. The van der Waals surface area contributed by atoms with E-state index in [9.17, 15) is 19.2 Å². The highest BCUT2D eigenvalue weighted by Crippen LogP contribution is 2.25. The molecule has 0 unspecified atom stereocenters. The lowest BCUT2D eigenvalue weighted by molar-refractivity contribution is -0.147. The van der Waals surface area contributed by atoms with Gasteiger partial charge in [0.2, 0.25) is 23.6 Å². The average molecular weight is 385 g/mol. The third-order valence-corrected chi connectivity index (χ3v) is 5.02. The van der Waals surface area contributed by atoms with Gasteiger partial charge in [-0.25, -0.2) is 0 Å². The summed E-state index contributed by atoms with van der Waals surface area (Å²) in [5.74, 6) is -2.29. The molecule has 0 aromatic heterocycles. The van der Waals surface area contributed by atoms with Crippen molar-refractivity contribution < 1.29 is 29.4 Å². The van der Waals surface area contributed by atoms with Crippen LogP contribution in [-0.2, 0) is 19.2 Å². The Morgan fingerprint density at radius 1 is 1.00 bits per heavy atom. The summed E-state index contributed by atoms with van der Waals surface area (Å²) in [5, 5.41) is 20.6. The normalized spacial score (nSPS) is 24.6. The van der Waals surface area contributed by atoms with Crippen molar-refractivity contribution in [3.8, 4) is 0 Å². The molecule has 0 aliphatic carbocycles. The highest BCUT2D eigenvalue weighted by Gasteiger charge is 2.43. The Hall–Kier alpha value is -2.24. The first-order valence-electron chi connectivity index (χ1n) is 8.99. The van der Waals surface area contributed by atoms with Crippen molar-refractivity contribution in [2.24, 2.45) is 11.5 Å². The fourth-order valence-corrected chi connectivity index (χ4v) is 3.55. The van der Waals surface area contributed by atoms with Crippen molar-refractivity contribution in [3.05, 3.63) is 0 Å². The van der Waals surface area contributed by atoms with E-state index in [0.717, 1.165) is 0 Å². The monoisotopic (exact) mass is 385 g/mol. The number of nitrogens with one attached hydrogen (secondary N) is 1. The van der Waals surface area contributed by atoms with Gasteiger partial charge in [-0.3, -0.25) is 19.2 Å². The van der Waals surface area contributed by atoms with Crippen molar-refractivity contribution >= 4 is 23.6 Å². The van der Waals surface area contributed by atoms with E-state index in [0.29, 0.717) is 38.8 Å². The van der Waals surface area contributed by atoms with Crippen LogP contribution in [0.2, 0.25) is 0 Å². The van der Waals surface area contributed by atoms with E-state index in [1.54, 1.807) is 0 Å². The van der Waals surface area contributed by atoms with E-state index in [4.69, 9.17) is 21.7 Å². The zero-order valence-corrected chi connectivity index (χ0v) is 15.0. The molecule has 7 N–H and O–H groups in total. The van der Waals surface area contributed by atoms with Crippen molar-refractivity contribution in [2.75, 3.05) is 26.3 Å². The number of nitrogens with zero attached hydrogens (tertiary/aromatic N) is 2. The lowest BCUT2D eigenvalue weighted by Crippen LogP contribution is -2.57. The lowest BCUT2D eigenvalue weighted by atomic mass is 10.1. The first kappa shape index (κ1) is 21.1. The molecule has 4 amide bonds. The molecule has 0 saturated carbocycles. The van der Waals surface area contributed by atoms with Crippen molar-refractivity contribution in [1.82, 2.24) is 15.1 Å². The zero-order chi connectivity index (χ0) is 20.1. The van der Waals surface area contributed by atoms with Gasteiger partial charge < -0.3 is 36.8 Å². The summed E-state index contributed by atoms with van der Waals surface area (Å²) in [6.45, 7) is -0.434. The molecular formula is C16H27N5O6. The standard InChI is InChI=1S/C16H27N5O6/c17-9(7-22)15(26)21-6-2-4-12(21)16(27)20-5-1-3-11(20)14(25)19-10(8-23)13(18)24/h9-12,22-23H,1-8,17H2,(H2,18,24)(H,19,25)/t9-,10-,11-,12-/m0/s1. The molecular weight excluding hydrogens is 358 g/mol. The number of aliphatic hydroxyl groups is 2. The fourth-order valence-electron chi connectivity index (χ4n) is 3.55. The number of amides is 4. The van der Waals surface area contributed by atoms with Crippen LogP contribution in [0.1, 0.15) is 25.7 Å². The van der Waals surface area contributed by atoms with Crippen LogP contribution >= 0.6 is 0 Å². The van der Waals surface area contributed by atoms with Gasteiger partial charge in [0, 0.05) is 13.1 Å². The smallest absolute Gasteiger partial charge is 0.246 e. The van der Waals surface area contributed by atoms with Gasteiger partial charge in [-0.15, -0.1) is 0 Å². The number of carbonyl (C=O) groups excluding carboxylic acids is 4. The molecule has 0 aromatic carbocycles. The zero-order valence-electron chi connectivity index (χ0n) is 15.0. The summed E-state index contributed by atoms with van der Waals surface area (Å²) in [5.41, 5.74) is 10.7. The maximum absolute atomic E-state index is 13.0. The number of hydrogen-bond acceptors (Lipinski definition) is 7. The molecule has 152 valence electrons. The van der Waals surface area contributed by atoms with Gasteiger partial charge >= 0.3 is 0 Å². The van der Waals surface area contributed by atoms with E-state index in [1.165, 1.54) is 9.80 Å². The van der Waals surface area contributed by atoms with E-state index in [-0.39, 0.29) is 5.91 Å². The van der Waals surface area contributed by atoms with Crippen molar-refractivity contribution in [3.63, 3.8) is 0 Å². The van der Waals surface area contributed by atoms with Gasteiger partial charge in [0.05, 0.1) is 13.2 Å². The highest BCUT2D eigenvalue weighted by atomic mass is 16.3. The molecule has 4 atom stereocenters. The number of rotatable bonds is 7. The average Bonchev–Trinajstić information content (AvgIpc) is 3.33. The summed E-state index contributed by atoms with van der Waals surface area (Å²) in [6, 6.07) is -3.83. The number of primary amides is 1. The van der Waals surface area contributed by atoms with Crippen LogP contribution in [0.4, 0.5) is 0 Å². The van der Waals surface area contributed by atoms with Gasteiger partial charge in [-0.2, -0.15) is 0 Å². The molecule has 2 aliphatic heterocycles. The van der Waals surface area contributed by atoms with Gasteiger partial charge in [-0.05, 0) is 25.7 Å². The van der Waals surface area contributed by atoms with E-state index < -0.39 is 55.1 Å². The van der Waals surface area contributed by atoms with Crippen LogP contribution < -0.4 is 16.8 Å². The first-order chi connectivity index (χ1) is 12.8. The summed E-state index contributed by atoms with van der Waals surface area (Å²) < 4.78 is 0. The third kappa shape index (κ3) is 4.54. The Kier molecular flexibility index (Phi) is 7.11. The van der Waals surface area contributed by atoms with Gasteiger partial charge in [0.25, 0.3) is 0 Å².